The largest absolute Gasteiger partial charge is 0.444 e. The van der Waals surface area contributed by atoms with Gasteiger partial charge in [-0.15, -0.1) is 0 Å². The predicted octanol–water partition coefficient (Wildman–Crippen LogP) is 5.40. The molecule has 2 unspecified atom stereocenters. The Labute approximate surface area is 332 Å². The van der Waals surface area contributed by atoms with Crippen LogP contribution in [0.1, 0.15) is 75.1 Å². The lowest BCUT2D eigenvalue weighted by Gasteiger charge is -2.27. The molecule has 308 valence electrons. The van der Waals surface area contributed by atoms with E-state index in [0.717, 1.165) is 28.7 Å². The van der Waals surface area contributed by atoms with Gasteiger partial charge < -0.3 is 25.1 Å². The van der Waals surface area contributed by atoms with Gasteiger partial charge in [0.15, 0.2) is 11.9 Å². The van der Waals surface area contributed by atoms with Crippen LogP contribution in [0.4, 0.5) is 33.5 Å². The zero-order valence-electron chi connectivity index (χ0n) is 31.2. The smallest absolute Gasteiger partial charge is 0.405 e. The maximum absolute atomic E-state index is 14.1. The van der Waals surface area contributed by atoms with Crippen LogP contribution in [0.15, 0.2) is 77.7 Å². The number of amides is 4. The van der Waals surface area contributed by atoms with Gasteiger partial charge in [0, 0.05) is 24.7 Å². The van der Waals surface area contributed by atoms with Crippen LogP contribution in [0.5, 0.6) is 0 Å². The Bertz CT molecular complexity index is 2380. The number of aryl methyl sites for hydroxylation is 1. The van der Waals surface area contributed by atoms with Gasteiger partial charge in [0.25, 0.3) is 18.2 Å². The fourth-order valence-corrected chi connectivity index (χ4v) is 6.78. The zero-order valence-corrected chi connectivity index (χ0v) is 31.2. The van der Waals surface area contributed by atoms with Crippen molar-refractivity contribution in [1.29, 1.82) is 0 Å². The normalized spacial score (nSPS) is 16.2. The molecule has 15 nitrogen and oxygen atoms in total. The highest BCUT2D eigenvalue weighted by Crippen LogP contribution is 2.32. The van der Waals surface area contributed by atoms with Gasteiger partial charge in [-0.05, 0) is 80.4 Å². The lowest BCUT2D eigenvalue weighted by atomic mass is 10.0. The Morgan fingerprint density at radius 2 is 1.76 bits per heavy atom. The van der Waals surface area contributed by atoms with Gasteiger partial charge in [0.2, 0.25) is 17.7 Å². The molecule has 7 rings (SSSR count). The SMILES string of the molecule is CN(CCCc1ccc2c(c1)C(=O)N(C1CCC(=O)NC1=O)C2=O)Cc1ccc(-n2cc(NC(O)c3coc(-c4ccnc(NCC(F)(F)F)c4)n3)c(C(F)F)n2)cc1. The van der Waals surface area contributed by atoms with Crippen molar-refractivity contribution in [2.75, 3.05) is 30.8 Å². The van der Waals surface area contributed by atoms with Crippen LogP contribution in [-0.4, -0.2) is 90.6 Å². The van der Waals surface area contributed by atoms with Crippen molar-refractivity contribution >= 4 is 35.1 Å². The molecule has 4 amide bonds. The molecular weight excluding hydrogens is 785 g/mol. The Morgan fingerprint density at radius 1 is 1.02 bits per heavy atom. The number of rotatable bonds is 15. The number of nitrogens with one attached hydrogen (secondary N) is 3. The van der Waals surface area contributed by atoms with Crippen molar-refractivity contribution in [3.05, 3.63) is 107 Å². The number of alkyl halides is 5. The molecule has 2 aromatic carbocycles. The molecule has 59 heavy (non-hydrogen) atoms. The molecule has 5 heterocycles. The average Bonchev–Trinajstić information content (AvgIpc) is 3.92. The van der Waals surface area contributed by atoms with Crippen molar-refractivity contribution in [3.63, 3.8) is 0 Å². The van der Waals surface area contributed by atoms with Gasteiger partial charge in [-0.3, -0.25) is 29.4 Å². The number of oxazole rings is 1. The molecule has 20 heteroatoms. The number of anilines is 2. The summed E-state index contributed by atoms with van der Waals surface area (Å²) in [6, 6.07) is 13.8. The number of aliphatic hydroxyl groups is 1. The number of carbonyl (C=O) groups excluding carboxylic acids is 4. The number of hydrogen-bond acceptors (Lipinski definition) is 12. The lowest BCUT2D eigenvalue weighted by molar-refractivity contribution is -0.136. The van der Waals surface area contributed by atoms with Crippen LogP contribution >= 0.6 is 0 Å². The maximum atomic E-state index is 14.1. The van der Waals surface area contributed by atoms with E-state index < -0.39 is 60.7 Å². The van der Waals surface area contributed by atoms with Gasteiger partial charge in [-0.2, -0.15) is 18.3 Å². The van der Waals surface area contributed by atoms with Crippen LogP contribution in [-0.2, 0) is 22.6 Å². The highest BCUT2D eigenvalue weighted by atomic mass is 19.4. The van der Waals surface area contributed by atoms with Crippen LogP contribution < -0.4 is 16.0 Å². The number of hydrogen-bond donors (Lipinski definition) is 4. The molecule has 2 aliphatic rings. The topological polar surface area (TPSA) is 188 Å². The number of nitrogens with zero attached hydrogens (tertiary/aromatic N) is 6. The van der Waals surface area contributed by atoms with E-state index in [2.05, 4.69) is 35.9 Å². The summed E-state index contributed by atoms with van der Waals surface area (Å²) >= 11 is 0. The van der Waals surface area contributed by atoms with E-state index in [1.54, 1.807) is 30.3 Å². The van der Waals surface area contributed by atoms with Crippen LogP contribution in [0.2, 0.25) is 0 Å². The highest BCUT2D eigenvalue weighted by molar-refractivity contribution is 6.23. The molecule has 0 radical (unpaired) electrons. The number of aromatic nitrogens is 4. The highest BCUT2D eigenvalue weighted by Gasteiger charge is 2.44. The quantitative estimate of drug-likeness (QED) is 0.0599. The summed E-state index contributed by atoms with van der Waals surface area (Å²) in [4.78, 5) is 61.1. The molecule has 1 saturated heterocycles. The van der Waals surface area contributed by atoms with Crippen LogP contribution in [0, 0.1) is 0 Å². The fourth-order valence-electron chi connectivity index (χ4n) is 6.78. The molecule has 0 bridgehead atoms. The molecule has 5 aromatic rings. The summed E-state index contributed by atoms with van der Waals surface area (Å²) in [5.74, 6) is -2.35. The van der Waals surface area contributed by atoms with Crippen molar-refractivity contribution in [2.45, 2.75) is 57.1 Å². The standard InChI is InChI=1S/C39H36F5N9O6/c1-51(14-2-3-21-6-9-25-26(15-21)38(58)53(37(25)57)29-10-11-31(54)49-35(29)56)17-22-4-7-24(8-5-22)52-18-27(32(50-52)33(40)41)47-34(55)28-19-59-36(48-28)23-12-13-45-30(16-23)46-20-39(42,43)44/h4-9,12-13,15-16,18-19,29,33-34,47,55H,2-3,10-11,14,17,20H2,1H3,(H,45,46)(H,49,54,56). The van der Waals surface area contributed by atoms with E-state index in [0.29, 0.717) is 25.2 Å². The van der Waals surface area contributed by atoms with E-state index >= 15 is 0 Å². The molecule has 3 aromatic heterocycles. The maximum Gasteiger partial charge on any atom is 0.405 e. The minimum Gasteiger partial charge on any atom is -0.444 e. The number of fused-ring (bicyclic) bond motifs is 1. The summed E-state index contributed by atoms with van der Waals surface area (Å²) in [6.45, 7) is -0.0675. The van der Waals surface area contributed by atoms with Gasteiger partial charge in [0.1, 0.15) is 30.4 Å². The van der Waals surface area contributed by atoms with Crippen LogP contribution in [0.3, 0.4) is 0 Å². The summed E-state index contributed by atoms with van der Waals surface area (Å²) in [7, 11) is 1.93. The molecule has 0 spiro atoms. The first-order valence-electron chi connectivity index (χ1n) is 18.3. The summed E-state index contributed by atoms with van der Waals surface area (Å²) in [6.07, 6.45) is -3.99. The number of benzene rings is 2. The third kappa shape index (κ3) is 9.28. The third-order valence-electron chi connectivity index (χ3n) is 9.68. The molecule has 0 saturated carbocycles. The van der Waals surface area contributed by atoms with E-state index in [4.69, 9.17) is 4.42 Å². The summed E-state index contributed by atoms with van der Waals surface area (Å²) in [5.41, 5.74) is 2.08. The Kier molecular flexibility index (Phi) is 11.5. The number of carbonyl (C=O) groups is 4. The van der Waals surface area contributed by atoms with Gasteiger partial charge in [-0.1, -0.05) is 18.2 Å². The second-order valence-corrected chi connectivity index (χ2v) is 14.0. The minimum atomic E-state index is -4.46. The van der Waals surface area contributed by atoms with Crippen molar-refractivity contribution in [2.24, 2.45) is 0 Å². The second kappa shape index (κ2) is 16.7. The van der Waals surface area contributed by atoms with Crippen molar-refractivity contribution in [3.8, 4) is 17.1 Å². The Balaban J connectivity index is 0.924. The predicted molar refractivity (Wildman–Crippen MR) is 199 cm³/mol. The van der Waals surface area contributed by atoms with E-state index in [-0.39, 0.29) is 52.6 Å². The number of pyridine rings is 1. The molecular formula is C39H36F5N9O6. The molecule has 0 aliphatic carbocycles. The molecule has 2 atom stereocenters. The fraction of sp³-hybridized carbons (Fsp3) is 0.308. The Morgan fingerprint density at radius 3 is 2.49 bits per heavy atom. The average molecular weight is 822 g/mol. The first-order chi connectivity index (χ1) is 28.1. The van der Waals surface area contributed by atoms with E-state index in [1.807, 2.05) is 19.2 Å². The molecule has 2 aliphatic heterocycles. The first-order valence-corrected chi connectivity index (χ1v) is 18.3. The monoisotopic (exact) mass is 821 g/mol. The zero-order chi connectivity index (χ0) is 42.0. The number of aliphatic hydroxyl groups excluding tert-OH is 1. The first kappa shape index (κ1) is 40.6. The summed E-state index contributed by atoms with van der Waals surface area (Å²) < 4.78 is 72.5. The molecule has 1 fully saturated rings. The van der Waals surface area contributed by atoms with Gasteiger partial charge in [0.05, 0.1) is 28.7 Å². The van der Waals surface area contributed by atoms with Crippen molar-refractivity contribution in [1.82, 2.24) is 34.9 Å². The molecule has 4 N–H and O–H groups in total. The summed E-state index contributed by atoms with van der Waals surface area (Å²) in [5, 5.41) is 21.7. The number of piperidine rings is 1. The minimum absolute atomic E-state index is 0.0415. The van der Waals surface area contributed by atoms with Crippen molar-refractivity contribution < 1.29 is 50.7 Å². The number of halogens is 5. The third-order valence-corrected chi connectivity index (χ3v) is 9.68. The Hall–Kier alpha value is -6.54. The van der Waals surface area contributed by atoms with Gasteiger partial charge in [-0.25, -0.2) is 23.4 Å². The lowest BCUT2D eigenvalue weighted by Crippen LogP contribution is -2.54. The number of imide groups is 2. The second-order valence-electron chi connectivity index (χ2n) is 14.0. The van der Waals surface area contributed by atoms with E-state index in [1.165, 1.54) is 29.2 Å². The van der Waals surface area contributed by atoms with E-state index in [9.17, 15) is 46.2 Å². The van der Waals surface area contributed by atoms with Crippen LogP contribution in [0.25, 0.3) is 17.1 Å². The van der Waals surface area contributed by atoms with Gasteiger partial charge >= 0.3 is 6.18 Å².